The highest BCUT2D eigenvalue weighted by atomic mass is 127. The van der Waals surface area contributed by atoms with Crippen molar-refractivity contribution in [3.63, 3.8) is 0 Å². The molecule has 0 bridgehead atoms. The molecule has 94 valence electrons. The van der Waals surface area contributed by atoms with Gasteiger partial charge in [-0.2, -0.15) is 0 Å². The summed E-state index contributed by atoms with van der Waals surface area (Å²) in [6.45, 7) is 11.5. The average Bonchev–Trinajstić information content (AvgIpc) is 2.12. The Morgan fingerprint density at radius 2 is 2.00 bits per heavy atom. The predicted molar refractivity (Wildman–Crippen MR) is 79.6 cm³/mol. The predicted octanol–water partition coefficient (Wildman–Crippen LogP) is 4.51. The first-order valence-corrected chi connectivity index (χ1v) is 9.92. The summed E-state index contributed by atoms with van der Waals surface area (Å²) < 4.78 is 7.24. The zero-order valence-electron chi connectivity index (χ0n) is 10.8. The van der Waals surface area contributed by atoms with Gasteiger partial charge in [0.25, 0.3) is 0 Å². The quantitative estimate of drug-likeness (QED) is 0.173. The molecule has 0 aromatic heterocycles. The molecule has 0 aliphatic rings. The number of halogens is 1. The lowest BCUT2D eigenvalue weighted by Crippen LogP contribution is -2.44. The Bertz CT molecular complexity index is 259. The molecule has 0 saturated carbocycles. The largest absolute Gasteiger partial charge is 0.414 e. The van der Waals surface area contributed by atoms with Crippen molar-refractivity contribution in [1.29, 1.82) is 0 Å². The third kappa shape index (κ3) is 5.52. The first-order valence-electron chi connectivity index (χ1n) is 5.49. The molecular formula is C10H22IN3OSi. The Kier molecular flexibility index (Phi) is 6.92. The lowest BCUT2D eigenvalue weighted by atomic mass is 10.2. The molecule has 0 fully saturated rings. The van der Waals surface area contributed by atoms with Crippen molar-refractivity contribution in [2.45, 2.75) is 51.4 Å². The summed E-state index contributed by atoms with van der Waals surface area (Å²) in [5.41, 5.74) is 8.35. The SMILES string of the molecule is CC(C)(C)[Si](C)(C)OC(CCI)CN=[N+]=[N-]. The van der Waals surface area contributed by atoms with E-state index >= 15 is 0 Å². The minimum atomic E-state index is -1.74. The fourth-order valence-electron chi connectivity index (χ4n) is 1.03. The number of hydrogen-bond acceptors (Lipinski definition) is 2. The monoisotopic (exact) mass is 355 g/mol. The van der Waals surface area contributed by atoms with Gasteiger partial charge in [0.1, 0.15) is 0 Å². The molecular weight excluding hydrogens is 333 g/mol. The molecule has 0 saturated heterocycles. The van der Waals surface area contributed by atoms with Crippen LogP contribution in [0.15, 0.2) is 5.11 Å². The Balaban J connectivity index is 4.54. The summed E-state index contributed by atoms with van der Waals surface area (Å²) in [4.78, 5) is 2.81. The maximum atomic E-state index is 8.35. The molecule has 0 N–H and O–H groups in total. The zero-order valence-corrected chi connectivity index (χ0v) is 14.0. The van der Waals surface area contributed by atoms with Crippen LogP contribution in [0.2, 0.25) is 18.1 Å². The van der Waals surface area contributed by atoms with Crippen molar-refractivity contribution in [3.05, 3.63) is 10.4 Å². The molecule has 1 atom stereocenters. The first-order chi connectivity index (χ1) is 7.24. The molecule has 0 spiro atoms. The molecule has 0 radical (unpaired) electrons. The summed E-state index contributed by atoms with van der Waals surface area (Å²) in [6.07, 6.45) is 1.03. The maximum Gasteiger partial charge on any atom is 0.192 e. The van der Waals surface area contributed by atoms with Gasteiger partial charge < -0.3 is 4.43 Å². The van der Waals surface area contributed by atoms with E-state index in [-0.39, 0.29) is 11.1 Å². The molecule has 0 aromatic carbocycles. The second kappa shape index (κ2) is 6.83. The van der Waals surface area contributed by atoms with Crippen molar-refractivity contribution in [2.24, 2.45) is 5.11 Å². The molecule has 1 unspecified atom stereocenters. The highest BCUT2D eigenvalue weighted by molar-refractivity contribution is 14.1. The molecule has 0 amide bonds. The third-order valence-corrected chi connectivity index (χ3v) is 8.20. The second-order valence-corrected chi connectivity index (χ2v) is 11.2. The zero-order chi connectivity index (χ0) is 12.8. The van der Waals surface area contributed by atoms with Crippen molar-refractivity contribution in [1.82, 2.24) is 0 Å². The van der Waals surface area contributed by atoms with E-state index in [4.69, 9.17) is 9.96 Å². The molecule has 0 aliphatic heterocycles. The molecule has 0 aliphatic carbocycles. The minimum absolute atomic E-state index is 0.0775. The highest BCUT2D eigenvalue weighted by Gasteiger charge is 2.38. The van der Waals surface area contributed by atoms with Crippen LogP contribution in [0.5, 0.6) is 0 Å². The van der Waals surface area contributed by atoms with Crippen LogP contribution in [-0.4, -0.2) is 25.4 Å². The van der Waals surface area contributed by atoms with E-state index in [0.717, 1.165) is 10.8 Å². The number of nitrogens with zero attached hydrogens (tertiary/aromatic N) is 3. The molecule has 0 rings (SSSR count). The van der Waals surface area contributed by atoms with Crippen LogP contribution in [0.3, 0.4) is 0 Å². The van der Waals surface area contributed by atoms with Gasteiger partial charge in [-0.25, -0.2) is 0 Å². The standard InChI is InChI=1S/C10H22IN3OSi/c1-10(2,3)16(4,5)15-9(6-7-11)8-13-14-12/h9H,6-8H2,1-5H3. The lowest BCUT2D eigenvalue weighted by Gasteiger charge is -2.39. The third-order valence-electron chi connectivity index (χ3n) is 3.05. The summed E-state index contributed by atoms with van der Waals surface area (Å²) >= 11 is 2.33. The van der Waals surface area contributed by atoms with Gasteiger partial charge in [0, 0.05) is 9.34 Å². The van der Waals surface area contributed by atoms with Crippen molar-refractivity contribution < 1.29 is 4.43 Å². The Morgan fingerprint density at radius 1 is 1.44 bits per heavy atom. The van der Waals surface area contributed by atoms with Crippen LogP contribution in [0.4, 0.5) is 0 Å². The topological polar surface area (TPSA) is 58.0 Å². The van der Waals surface area contributed by atoms with Gasteiger partial charge >= 0.3 is 0 Å². The van der Waals surface area contributed by atoms with Crippen LogP contribution in [0, 0.1) is 0 Å². The Hall–Kier alpha value is 0.217. The van der Waals surface area contributed by atoms with E-state index < -0.39 is 8.32 Å². The summed E-state index contributed by atoms with van der Waals surface area (Å²) in [5, 5.41) is 3.83. The van der Waals surface area contributed by atoms with Gasteiger partial charge in [-0.05, 0) is 30.1 Å². The van der Waals surface area contributed by atoms with E-state index in [1.54, 1.807) is 0 Å². The van der Waals surface area contributed by atoms with Crippen LogP contribution in [0.25, 0.3) is 10.4 Å². The highest BCUT2D eigenvalue weighted by Crippen LogP contribution is 2.37. The maximum absolute atomic E-state index is 8.35. The molecule has 0 aromatic rings. The van der Waals surface area contributed by atoms with Crippen LogP contribution >= 0.6 is 22.6 Å². The number of hydrogen-bond donors (Lipinski definition) is 0. The fraction of sp³-hybridized carbons (Fsp3) is 1.00. The van der Waals surface area contributed by atoms with Crippen molar-refractivity contribution in [2.75, 3.05) is 11.0 Å². The van der Waals surface area contributed by atoms with Crippen LogP contribution < -0.4 is 0 Å². The Morgan fingerprint density at radius 3 is 2.38 bits per heavy atom. The molecule has 4 nitrogen and oxygen atoms in total. The second-order valence-electron chi connectivity index (χ2n) is 5.39. The normalized spacial score (nSPS) is 14.4. The van der Waals surface area contributed by atoms with Gasteiger partial charge in [-0.1, -0.05) is 48.5 Å². The molecule has 16 heavy (non-hydrogen) atoms. The van der Waals surface area contributed by atoms with E-state index in [9.17, 15) is 0 Å². The van der Waals surface area contributed by atoms with Gasteiger partial charge in [0.05, 0.1) is 12.6 Å². The summed E-state index contributed by atoms with van der Waals surface area (Å²) in [5.74, 6) is 0. The van der Waals surface area contributed by atoms with E-state index in [0.29, 0.717) is 6.54 Å². The van der Waals surface area contributed by atoms with Gasteiger partial charge in [0.2, 0.25) is 0 Å². The van der Waals surface area contributed by atoms with Crippen molar-refractivity contribution in [3.8, 4) is 0 Å². The van der Waals surface area contributed by atoms with E-state index in [1.807, 2.05) is 0 Å². The first kappa shape index (κ1) is 16.2. The van der Waals surface area contributed by atoms with E-state index in [2.05, 4.69) is 66.5 Å². The average molecular weight is 355 g/mol. The fourth-order valence-corrected chi connectivity index (χ4v) is 3.10. The van der Waals surface area contributed by atoms with Crippen LogP contribution in [-0.2, 0) is 4.43 Å². The number of rotatable bonds is 6. The van der Waals surface area contributed by atoms with Gasteiger partial charge in [-0.15, -0.1) is 0 Å². The smallest absolute Gasteiger partial charge is 0.192 e. The molecule has 6 heteroatoms. The lowest BCUT2D eigenvalue weighted by molar-refractivity contribution is 0.186. The minimum Gasteiger partial charge on any atom is -0.414 e. The van der Waals surface area contributed by atoms with Gasteiger partial charge in [0.15, 0.2) is 8.32 Å². The Labute approximate surface area is 113 Å². The summed E-state index contributed by atoms with van der Waals surface area (Å²) in [6, 6.07) is 0. The molecule has 0 heterocycles. The number of azide groups is 1. The van der Waals surface area contributed by atoms with Gasteiger partial charge in [-0.3, -0.25) is 0 Å². The van der Waals surface area contributed by atoms with Crippen molar-refractivity contribution >= 4 is 30.9 Å². The van der Waals surface area contributed by atoms with Crippen LogP contribution in [0.1, 0.15) is 27.2 Å². The van der Waals surface area contributed by atoms with E-state index in [1.165, 1.54) is 0 Å². The number of alkyl halides is 1. The summed E-state index contributed by atoms with van der Waals surface area (Å²) in [7, 11) is -1.74.